The van der Waals surface area contributed by atoms with Crippen LogP contribution in [0.25, 0.3) is 11.4 Å². The Hall–Kier alpha value is -2.03. The Kier molecular flexibility index (Phi) is 4.06. The summed E-state index contributed by atoms with van der Waals surface area (Å²) in [5.74, 6) is 0.798. The summed E-state index contributed by atoms with van der Waals surface area (Å²) < 4.78 is 32.2. The number of thiophene rings is 1. The highest BCUT2D eigenvalue weighted by Gasteiger charge is 2.16. The van der Waals surface area contributed by atoms with Gasteiger partial charge in [0.2, 0.25) is 21.7 Å². The van der Waals surface area contributed by atoms with Crippen molar-refractivity contribution in [3.8, 4) is 11.4 Å². The van der Waals surface area contributed by atoms with E-state index in [1.54, 1.807) is 19.1 Å². The van der Waals surface area contributed by atoms with Gasteiger partial charge in [-0.15, -0.1) is 11.3 Å². The molecule has 0 unspecified atom stereocenters. The van der Waals surface area contributed by atoms with Crippen LogP contribution in [0.2, 0.25) is 0 Å². The van der Waals surface area contributed by atoms with E-state index >= 15 is 0 Å². The van der Waals surface area contributed by atoms with Crippen molar-refractivity contribution in [3.63, 3.8) is 0 Å². The van der Waals surface area contributed by atoms with E-state index in [1.165, 1.54) is 23.5 Å². The maximum Gasteiger partial charge on any atom is 0.240 e. The van der Waals surface area contributed by atoms with E-state index in [1.807, 2.05) is 17.5 Å². The van der Waals surface area contributed by atoms with Gasteiger partial charge in [-0.1, -0.05) is 23.4 Å². The first-order valence-corrected chi connectivity index (χ1v) is 8.84. The lowest BCUT2D eigenvalue weighted by Gasteiger charge is -2.06. The molecule has 114 valence electrons. The molecule has 0 aliphatic heterocycles. The molecule has 2 heterocycles. The number of aryl methyl sites for hydroxylation is 1. The Labute approximate surface area is 131 Å². The van der Waals surface area contributed by atoms with Crippen LogP contribution in [-0.4, -0.2) is 18.6 Å². The van der Waals surface area contributed by atoms with Gasteiger partial charge in [0.05, 0.1) is 4.90 Å². The van der Waals surface area contributed by atoms with Crippen molar-refractivity contribution in [1.82, 2.24) is 14.9 Å². The van der Waals surface area contributed by atoms with E-state index in [0.29, 0.717) is 17.3 Å². The first-order chi connectivity index (χ1) is 10.5. The molecule has 1 aromatic carbocycles. The number of hydrogen-bond donors (Lipinski definition) is 1. The summed E-state index contributed by atoms with van der Waals surface area (Å²) in [5.41, 5.74) is 0.593. The summed E-state index contributed by atoms with van der Waals surface area (Å²) in [4.78, 5) is 5.22. The number of aromatic nitrogens is 2. The average Bonchev–Trinajstić information content (AvgIpc) is 3.17. The second kappa shape index (κ2) is 5.99. The number of hydrogen-bond acceptors (Lipinski definition) is 6. The maximum atomic E-state index is 12.3. The summed E-state index contributed by atoms with van der Waals surface area (Å²) in [6, 6.07) is 10.2. The quantitative estimate of drug-likeness (QED) is 0.774. The van der Waals surface area contributed by atoms with E-state index in [-0.39, 0.29) is 11.4 Å². The first-order valence-electron chi connectivity index (χ1n) is 6.47. The maximum absolute atomic E-state index is 12.3. The van der Waals surface area contributed by atoms with Gasteiger partial charge in [-0.05, 0) is 23.6 Å². The summed E-state index contributed by atoms with van der Waals surface area (Å²) in [5, 5.41) is 5.70. The topological polar surface area (TPSA) is 85.1 Å². The normalized spacial score (nSPS) is 11.7. The van der Waals surface area contributed by atoms with E-state index in [2.05, 4.69) is 14.9 Å². The molecule has 0 saturated heterocycles. The smallest absolute Gasteiger partial charge is 0.240 e. The number of nitrogens with zero attached hydrogens (tertiary/aromatic N) is 2. The molecule has 0 saturated carbocycles. The SMILES string of the molecule is Cc1nc(-c2cccc(S(=O)(=O)NCc3cccs3)c2)no1. The molecule has 2 aromatic heterocycles. The van der Waals surface area contributed by atoms with Crippen LogP contribution in [0, 0.1) is 6.92 Å². The van der Waals surface area contributed by atoms with Crippen molar-refractivity contribution < 1.29 is 12.9 Å². The highest BCUT2D eigenvalue weighted by atomic mass is 32.2. The highest BCUT2D eigenvalue weighted by molar-refractivity contribution is 7.89. The molecule has 6 nitrogen and oxygen atoms in total. The van der Waals surface area contributed by atoms with Gasteiger partial charge in [0, 0.05) is 23.9 Å². The van der Waals surface area contributed by atoms with Crippen LogP contribution >= 0.6 is 11.3 Å². The molecule has 0 atom stereocenters. The zero-order valence-electron chi connectivity index (χ0n) is 11.7. The number of rotatable bonds is 5. The van der Waals surface area contributed by atoms with Gasteiger partial charge in [0.25, 0.3) is 0 Å². The molecule has 0 spiro atoms. The molecular weight excluding hydrogens is 322 g/mol. The molecule has 0 radical (unpaired) electrons. The Balaban J connectivity index is 1.84. The second-order valence-electron chi connectivity index (χ2n) is 4.57. The monoisotopic (exact) mass is 335 g/mol. The minimum atomic E-state index is -3.59. The molecule has 1 N–H and O–H groups in total. The predicted molar refractivity (Wildman–Crippen MR) is 82.8 cm³/mol. The molecule has 0 aliphatic carbocycles. The Bertz CT molecular complexity index is 870. The summed E-state index contributed by atoms with van der Waals surface area (Å²) in [6.45, 7) is 1.95. The summed E-state index contributed by atoms with van der Waals surface area (Å²) >= 11 is 1.50. The van der Waals surface area contributed by atoms with E-state index in [4.69, 9.17) is 4.52 Å². The molecule has 3 aromatic rings. The van der Waals surface area contributed by atoms with Gasteiger partial charge in [0.15, 0.2) is 0 Å². The zero-order chi connectivity index (χ0) is 15.6. The average molecular weight is 335 g/mol. The third-order valence-corrected chi connectivity index (χ3v) is 5.22. The van der Waals surface area contributed by atoms with Crippen LogP contribution < -0.4 is 4.72 Å². The lowest BCUT2D eigenvalue weighted by atomic mass is 10.2. The van der Waals surface area contributed by atoms with Crippen LogP contribution in [0.1, 0.15) is 10.8 Å². The molecule has 0 aliphatic rings. The minimum absolute atomic E-state index is 0.170. The lowest BCUT2D eigenvalue weighted by molar-refractivity contribution is 0.394. The van der Waals surface area contributed by atoms with Gasteiger partial charge in [-0.3, -0.25) is 0 Å². The summed E-state index contributed by atoms with van der Waals surface area (Å²) in [6.07, 6.45) is 0. The number of benzene rings is 1. The van der Waals surface area contributed by atoms with Crippen molar-refractivity contribution in [3.05, 3.63) is 52.5 Å². The van der Waals surface area contributed by atoms with E-state index in [9.17, 15) is 8.42 Å². The summed E-state index contributed by atoms with van der Waals surface area (Å²) in [7, 11) is -3.59. The van der Waals surface area contributed by atoms with Crippen molar-refractivity contribution in [2.24, 2.45) is 0 Å². The predicted octanol–water partition coefficient (Wildman–Crippen LogP) is 2.59. The molecule has 8 heteroatoms. The number of nitrogens with one attached hydrogen (secondary N) is 1. The van der Waals surface area contributed by atoms with Crippen LogP contribution in [0.3, 0.4) is 0 Å². The fraction of sp³-hybridized carbons (Fsp3) is 0.143. The third kappa shape index (κ3) is 3.24. The fourth-order valence-corrected chi connectivity index (χ4v) is 3.67. The van der Waals surface area contributed by atoms with Gasteiger partial charge in [-0.25, -0.2) is 13.1 Å². The first kappa shape index (κ1) is 14.9. The highest BCUT2D eigenvalue weighted by Crippen LogP contribution is 2.20. The Morgan fingerprint density at radius 1 is 1.27 bits per heavy atom. The van der Waals surface area contributed by atoms with Gasteiger partial charge in [-0.2, -0.15) is 4.98 Å². The number of sulfonamides is 1. The van der Waals surface area contributed by atoms with E-state index in [0.717, 1.165) is 4.88 Å². The van der Waals surface area contributed by atoms with Gasteiger partial charge in [0.1, 0.15) is 0 Å². The standard InChI is InChI=1S/C14H13N3O3S2/c1-10-16-14(17-20-10)11-4-2-6-13(8-11)22(18,19)15-9-12-5-3-7-21-12/h2-8,15H,9H2,1H3. The fourth-order valence-electron chi connectivity index (χ4n) is 1.88. The molecule has 0 fully saturated rings. The molecule has 3 rings (SSSR count). The van der Waals surface area contributed by atoms with Crippen LogP contribution in [0.4, 0.5) is 0 Å². The Morgan fingerprint density at radius 2 is 2.14 bits per heavy atom. The molecule has 22 heavy (non-hydrogen) atoms. The van der Waals surface area contributed by atoms with Crippen LogP contribution in [0.15, 0.2) is 51.2 Å². The van der Waals surface area contributed by atoms with Crippen molar-refractivity contribution >= 4 is 21.4 Å². The minimum Gasteiger partial charge on any atom is -0.339 e. The van der Waals surface area contributed by atoms with Crippen molar-refractivity contribution in [2.45, 2.75) is 18.4 Å². The molecule has 0 amide bonds. The largest absolute Gasteiger partial charge is 0.339 e. The van der Waals surface area contributed by atoms with Crippen LogP contribution in [0.5, 0.6) is 0 Å². The van der Waals surface area contributed by atoms with E-state index < -0.39 is 10.0 Å². The van der Waals surface area contributed by atoms with Crippen LogP contribution in [-0.2, 0) is 16.6 Å². The van der Waals surface area contributed by atoms with Crippen molar-refractivity contribution in [1.29, 1.82) is 0 Å². The van der Waals surface area contributed by atoms with Gasteiger partial charge < -0.3 is 4.52 Å². The third-order valence-electron chi connectivity index (χ3n) is 2.95. The lowest BCUT2D eigenvalue weighted by Crippen LogP contribution is -2.22. The second-order valence-corrected chi connectivity index (χ2v) is 7.37. The zero-order valence-corrected chi connectivity index (χ0v) is 13.3. The molecular formula is C14H13N3O3S2. The molecule has 0 bridgehead atoms. The van der Waals surface area contributed by atoms with Crippen molar-refractivity contribution in [2.75, 3.05) is 0 Å². The van der Waals surface area contributed by atoms with Gasteiger partial charge >= 0.3 is 0 Å². The Morgan fingerprint density at radius 3 is 2.82 bits per heavy atom.